The molecule has 4 rings (SSSR count). The van der Waals surface area contributed by atoms with Gasteiger partial charge < -0.3 is 9.47 Å². The summed E-state index contributed by atoms with van der Waals surface area (Å²) in [6.07, 6.45) is 3.26. The summed E-state index contributed by atoms with van der Waals surface area (Å²) in [6.45, 7) is 0. The molecule has 0 aliphatic heterocycles. The Balaban J connectivity index is 1.61. The van der Waals surface area contributed by atoms with Gasteiger partial charge in [0, 0.05) is 0 Å². The second-order valence-electron chi connectivity index (χ2n) is 6.49. The van der Waals surface area contributed by atoms with Gasteiger partial charge in [-0.15, -0.1) is 0 Å². The highest BCUT2D eigenvalue weighted by Gasteiger charge is 2.32. The monoisotopic (exact) mass is 412 g/mol. The van der Waals surface area contributed by atoms with Gasteiger partial charge in [-0.25, -0.2) is 9.49 Å². The third kappa shape index (κ3) is 4.09. The van der Waals surface area contributed by atoms with Crippen LogP contribution in [0.1, 0.15) is 18.4 Å². The Kier molecular flexibility index (Phi) is 5.22. The highest BCUT2D eigenvalue weighted by Crippen LogP contribution is 2.34. The van der Waals surface area contributed by atoms with Gasteiger partial charge in [-0.1, -0.05) is 12.1 Å². The van der Waals surface area contributed by atoms with Gasteiger partial charge in [0.25, 0.3) is 0 Å². The second-order valence-corrected chi connectivity index (χ2v) is 6.88. The zero-order chi connectivity index (χ0) is 20.4. The van der Waals surface area contributed by atoms with E-state index in [1.165, 1.54) is 24.1 Å². The first-order valence-electron chi connectivity index (χ1n) is 8.93. The number of nitrogens with one attached hydrogen (secondary N) is 1. The molecule has 2 aromatic carbocycles. The molecule has 0 radical (unpaired) electrons. The molecule has 1 aliphatic rings. The minimum Gasteiger partial charge on any atom is -0.493 e. The van der Waals surface area contributed by atoms with E-state index in [4.69, 9.17) is 21.7 Å². The van der Waals surface area contributed by atoms with Crippen LogP contribution in [-0.2, 0) is 4.79 Å². The quantitative estimate of drug-likeness (QED) is 0.287. The topological polar surface area (TPSA) is 81.5 Å². The Hall–Kier alpha value is -3.33. The number of carbonyl (C=O) groups is 1. The standard InChI is InChI=1S/C20H17FN4O3S/c1-27-17-10-12(6-9-16(17)28-19(26)13-7-8-13)11-22-25-18(23-24-20(25)29)14-4-2-3-5-15(14)21/h2-6,9-11,13H,7-8H2,1H3,(H,24,29)/b22-11-. The van der Waals surface area contributed by atoms with Crippen LogP contribution in [0.2, 0.25) is 0 Å². The fourth-order valence-corrected chi connectivity index (χ4v) is 2.88. The predicted octanol–water partition coefficient (Wildman–Crippen LogP) is 3.95. The van der Waals surface area contributed by atoms with Crippen LogP contribution >= 0.6 is 12.2 Å². The summed E-state index contributed by atoms with van der Waals surface area (Å²) in [5.74, 6) is 0.332. The zero-order valence-electron chi connectivity index (χ0n) is 15.5. The lowest BCUT2D eigenvalue weighted by molar-refractivity contribution is -0.135. The minimum absolute atomic E-state index is 0.0132. The summed E-state index contributed by atoms with van der Waals surface area (Å²) in [5.41, 5.74) is 0.951. The Morgan fingerprint density at radius 2 is 2.10 bits per heavy atom. The van der Waals surface area contributed by atoms with Gasteiger partial charge in [0.05, 0.1) is 24.8 Å². The van der Waals surface area contributed by atoms with Gasteiger partial charge in [-0.05, 0) is 61.0 Å². The molecule has 0 atom stereocenters. The Morgan fingerprint density at radius 1 is 1.31 bits per heavy atom. The van der Waals surface area contributed by atoms with Crippen molar-refractivity contribution in [2.45, 2.75) is 12.8 Å². The molecule has 0 bridgehead atoms. The van der Waals surface area contributed by atoms with Gasteiger partial charge in [0.1, 0.15) is 5.82 Å². The first kappa shape index (κ1) is 19.0. The minimum atomic E-state index is -0.429. The SMILES string of the molecule is COc1cc(/C=N\n2c(-c3ccccc3F)n[nH]c2=S)ccc1OC(=O)C1CC1. The molecule has 1 saturated carbocycles. The molecular weight excluding hydrogens is 395 g/mol. The number of ether oxygens (including phenoxy) is 2. The normalized spacial score (nSPS) is 13.6. The fourth-order valence-electron chi connectivity index (χ4n) is 2.70. The average molecular weight is 412 g/mol. The molecule has 0 unspecified atom stereocenters. The molecule has 7 nitrogen and oxygen atoms in total. The van der Waals surface area contributed by atoms with Crippen molar-refractivity contribution in [1.82, 2.24) is 14.9 Å². The van der Waals surface area contributed by atoms with Gasteiger partial charge in [-0.2, -0.15) is 14.9 Å². The summed E-state index contributed by atoms with van der Waals surface area (Å²) >= 11 is 5.21. The number of aromatic amines is 1. The average Bonchev–Trinajstić information content (AvgIpc) is 3.51. The molecule has 0 spiro atoms. The van der Waals surface area contributed by atoms with E-state index in [1.54, 1.807) is 36.4 Å². The molecule has 0 amide bonds. The van der Waals surface area contributed by atoms with E-state index >= 15 is 0 Å². The van der Waals surface area contributed by atoms with Crippen LogP contribution in [-0.4, -0.2) is 34.2 Å². The van der Waals surface area contributed by atoms with Crippen molar-refractivity contribution in [1.29, 1.82) is 0 Å². The van der Waals surface area contributed by atoms with Crippen molar-refractivity contribution < 1.29 is 18.7 Å². The van der Waals surface area contributed by atoms with E-state index in [0.29, 0.717) is 17.1 Å². The lowest BCUT2D eigenvalue weighted by Crippen LogP contribution is -2.10. The van der Waals surface area contributed by atoms with Crippen molar-refractivity contribution in [3.63, 3.8) is 0 Å². The van der Waals surface area contributed by atoms with Crippen molar-refractivity contribution in [3.8, 4) is 22.9 Å². The van der Waals surface area contributed by atoms with E-state index in [0.717, 1.165) is 12.8 Å². The molecule has 3 aromatic rings. The molecule has 29 heavy (non-hydrogen) atoms. The summed E-state index contributed by atoms with van der Waals surface area (Å²) in [7, 11) is 1.49. The molecule has 1 heterocycles. The molecule has 9 heteroatoms. The number of halogens is 1. The van der Waals surface area contributed by atoms with Crippen LogP contribution in [0.15, 0.2) is 47.6 Å². The molecule has 148 valence electrons. The van der Waals surface area contributed by atoms with E-state index in [2.05, 4.69) is 15.3 Å². The van der Waals surface area contributed by atoms with Crippen molar-refractivity contribution in [2.24, 2.45) is 11.0 Å². The third-order valence-corrected chi connectivity index (χ3v) is 4.66. The van der Waals surface area contributed by atoms with Gasteiger partial charge in [0.15, 0.2) is 17.3 Å². The molecule has 1 fully saturated rings. The van der Waals surface area contributed by atoms with E-state index < -0.39 is 5.82 Å². The number of rotatable bonds is 6. The van der Waals surface area contributed by atoms with Gasteiger partial charge in [-0.3, -0.25) is 4.79 Å². The molecule has 0 saturated heterocycles. The maximum Gasteiger partial charge on any atom is 0.314 e. The van der Waals surface area contributed by atoms with Gasteiger partial charge >= 0.3 is 5.97 Å². The lowest BCUT2D eigenvalue weighted by atomic mass is 10.2. The fraction of sp³-hybridized carbons (Fsp3) is 0.200. The summed E-state index contributed by atoms with van der Waals surface area (Å²) < 4.78 is 26.4. The summed E-state index contributed by atoms with van der Waals surface area (Å²) in [5, 5.41) is 11.0. The van der Waals surface area contributed by atoms with E-state index in [-0.39, 0.29) is 28.0 Å². The molecule has 1 aliphatic carbocycles. The maximum absolute atomic E-state index is 14.1. The van der Waals surface area contributed by atoms with Crippen LogP contribution in [0.3, 0.4) is 0 Å². The maximum atomic E-state index is 14.1. The number of hydrogen-bond donors (Lipinski definition) is 1. The number of methoxy groups -OCH3 is 1. The number of H-pyrrole nitrogens is 1. The number of benzene rings is 2. The van der Waals surface area contributed by atoms with E-state index in [1.807, 2.05) is 0 Å². The number of esters is 1. The third-order valence-electron chi connectivity index (χ3n) is 4.40. The van der Waals surface area contributed by atoms with Crippen molar-refractivity contribution in [2.75, 3.05) is 7.11 Å². The number of aromatic nitrogens is 3. The van der Waals surface area contributed by atoms with Crippen LogP contribution in [0.25, 0.3) is 11.4 Å². The first-order chi connectivity index (χ1) is 14.1. The van der Waals surface area contributed by atoms with Crippen LogP contribution in [0, 0.1) is 16.5 Å². The molecule has 1 N–H and O–H groups in total. The predicted molar refractivity (Wildman–Crippen MR) is 107 cm³/mol. The van der Waals surface area contributed by atoms with Crippen LogP contribution in [0.5, 0.6) is 11.5 Å². The van der Waals surface area contributed by atoms with Gasteiger partial charge in [0.2, 0.25) is 4.77 Å². The highest BCUT2D eigenvalue weighted by molar-refractivity contribution is 7.71. The number of nitrogens with zero attached hydrogens (tertiary/aromatic N) is 3. The molecular formula is C20H17FN4O3S. The smallest absolute Gasteiger partial charge is 0.314 e. The summed E-state index contributed by atoms with van der Waals surface area (Å²) in [6, 6.07) is 11.3. The summed E-state index contributed by atoms with van der Waals surface area (Å²) in [4.78, 5) is 11.9. The lowest BCUT2D eigenvalue weighted by Gasteiger charge is -2.09. The van der Waals surface area contributed by atoms with Crippen LogP contribution < -0.4 is 9.47 Å². The van der Waals surface area contributed by atoms with E-state index in [9.17, 15) is 9.18 Å². The van der Waals surface area contributed by atoms with Crippen molar-refractivity contribution >= 4 is 24.4 Å². The van der Waals surface area contributed by atoms with Crippen LogP contribution in [0.4, 0.5) is 4.39 Å². The first-order valence-corrected chi connectivity index (χ1v) is 9.34. The second kappa shape index (κ2) is 7.96. The Morgan fingerprint density at radius 3 is 2.83 bits per heavy atom. The Bertz CT molecular complexity index is 1150. The highest BCUT2D eigenvalue weighted by atomic mass is 32.1. The number of carbonyl (C=O) groups excluding carboxylic acids is 1. The zero-order valence-corrected chi connectivity index (χ0v) is 16.3. The molecule has 1 aromatic heterocycles. The largest absolute Gasteiger partial charge is 0.493 e. The van der Waals surface area contributed by atoms with Crippen molar-refractivity contribution in [3.05, 3.63) is 58.6 Å². The Labute approximate surface area is 170 Å². The number of hydrogen-bond acceptors (Lipinski definition) is 6.